The van der Waals surface area contributed by atoms with E-state index < -0.39 is 0 Å². The molecule has 0 aromatic rings. The van der Waals surface area contributed by atoms with Crippen molar-refractivity contribution >= 4 is 5.97 Å². The normalized spacial score (nSPS) is 37.4. The van der Waals surface area contributed by atoms with Crippen LogP contribution < -0.4 is 5.32 Å². The van der Waals surface area contributed by atoms with E-state index in [-0.39, 0.29) is 24.2 Å². The Bertz CT molecular complexity index is 221. The summed E-state index contributed by atoms with van der Waals surface area (Å²) in [6.45, 7) is 1.72. The molecule has 2 rings (SSSR count). The molecule has 2 aliphatic heterocycles. The zero-order valence-corrected chi connectivity index (χ0v) is 8.19. The van der Waals surface area contributed by atoms with Crippen molar-refractivity contribution in [2.24, 2.45) is 0 Å². The first-order chi connectivity index (χ1) is 6.81. The van der Waals surface area contributed by atoms with Crippen molar-refractivity contribution in [1.29, 1.82) is 0 Å². The quantitative estimate of drug-likeness (QED) is 0.569. The number of nitrogens with one attached hydrogen (secondary N) is 1. The van der Waals surface area contributed by atoms with Crippen LogP contribution in [0.4, 0.5) is 0 Å². The molecule has 14 heavy (non-hydrogen) atoms. The van der Waals surface area contributed by atoms with Gasteiger partial charge in [0, 0.05) is 12.6 Å². The SMILES string of the molecule is COC(=O)C1CO[C@@H]2COCC[C@@H]2N1. The second kappa shape index (κ2) is 4.25. The lowest BCUT2D eigenvalue weighted by atomic mass is 10.0. The van der Waals surface area contributed by atoms with E-state index in [0.717, 1.165) is 13.0 Å². The van der Waals surface area contributed by atoms with Crippen LogP contribution in [0.5, 0.6) is 0 Å². The van der Waals surface area contributed by atoms with Crippen LogP contribution >= 0.6 is 0 Å². The molecular formula is C9H15NO4. The first-order valence-corrected chi connectivity index (χ1v) is 4.84. The Morgan fingerprint density at radius 2 is 2.36 bits per heavy atom. The standard InChI is InChI=1S/C9H15NO4/c1-12-9(11)7-4-14-8-5-13-3-2-6(8)10-7/h6-8,10H,2-5H2,1H3/t6-,7?,8+/m0/s1. The number of morpholine rings is 1. The van der Waals surface area contributed by atoms with Crippen LogP contribution in [0.2, 0.25) is 0 Å². The summed E-state index contributed by atoms with van der Waals surface area (Å²) in [5.41, 5.74) is 0. The van der Waals surface area contributed by atoms with Gasteiger partial charge in [0.1, 0.15) is 6.04 Å². The first kappa shape index (κ1) is 9.89. The van der Waals surface area contributed by atoms with E-state index in [2.05, 4.69) is 10.1 Å². The minimum Gasteiger partial charge on any atom is -0.468 e. The summed E-state index contributed by atoms with van der Waals surface area (Å²) in [7, 11) is 1.39. The van der Waals surface area contributed by atoms with Gasteiger partial charge in [-0.25, -0.2) is 0 Å². The molecule has 5 nitrogen and oxygen atoms in total. The van der Waals surface area contributed by atoms with Gasteiger partial charge in [0.05, 0.1) is 26.4 Å². The van der Waals surface area contributed by atoms with Gasteiger partial charge in [-0.15, -0.1) is 0 Å². The van der Waals surface area contributed by atoms with Gasteiger partial charge in [-0.1, -0.05) is 0 Å². The molecule has 2 saturated heterocycles. The fourth-order valence-electron chi connectivity index (χ4n) is 1.87. The van der Waals surface area contributed by atoms with E-state index in [1.54, 1.807) is 0 Å². The molecule has 0 saturated carbocycles. The van der Waals surface area contributed by atoms with Crippen LogP contribution in [0.25, 0.3) is 0 Å². The summed E-state index contributed by atoms with van der Waals surface area (Å²) >= 11 is 0. The number of methoxy groups -OCH3 is 1. The van der Waals surface area contributed by atoms with E-state index in [1.807, 2.05) is 0 Å². The van der Waals surface area contributed by atoms with Crippen LogP contribution in [-0.4, -0.2) is 51.1 Å². The number of hydrogen-bond donors (Lipinski definition) is 1. The van der Waals surface area contributed by atoms with Gasteiger partial charge in [0.2, 0.25) is 0 Å². The highest BCUT2D eigenvalue weighted by Crippen LogP contribution is 2.16. The molecule has 2 heterocycles. The summed E-state index contributed by atoms with van der Waals surface area (Å²) < 4.78 is 15.5. The average molecular weight is 201 g/mol. The van der Waals surface area contributed by atoms with Crippen molar-refractivity contribution in [3.05, 3.63) is 0 Å². The highest BCUT2D eigenvalue weighted by atomic mass is 16.5. The molecular weight excluding hydrogens is 186 g/mol. The summed E-state index contributed by atoms with van der Waals surface area (Å²) in [5, 5.41) is 3.23. The minimum absolute atomic E-state index is 0.0876. The minimum atomic E-state index is -0.320. The summed E-state index contributed by atoms with van der Waals surface area (Å²) in [5.74, 6) is -0.255. The average Bonchev–Trinajstić information content (AvgIpc) is 2.27. The maximum Gasteiger partial charge on any atom is 0.325 e. The van der Waals surface area contributed by atoms with Gasteiger partial charge in [0.15, 0.2) is 0 Å². The van der Waals surface area contributed by atoms with Gasteiger partial charge < -0.3 is 14.2 Å². The Labute approximate surface area is 82.7 Å². The molecule has 0 aliphatic carbocycles. The number of hydrogen-bond acceptors (Lipinski definition) is 5. The Morgan fingerprint density at radius 3 is 3.14 bits per heavy atom. The molecule has 5 heteroatoms. The van der Waals surface area contributed by atoms with Crippen LogP contribution in [0.15, 0.2) is 0 Å². The van der Waals surface area contributed by atoms with Crippen molar-refractivity contribution in [3.8, 4) is 0 Å². The fraction of sp³-hybridized carbons (Fsp3) is 0.889. The van der Waals surface area contributed by atoms with Crippen molar-refractivity contribution in [2.75, 3.05) is 26.9 Å². The summed E-state index contributed by atoms with van der Waals surface area (Å²) in [6.07, 6.45) is 0.975. The van der Waals surface area contributed by atoms with Gasteiger partial charge >= 0.3 is 5.97 Å². The molecule has 1 N–H and O–H groups in total. The van der Waals surface area contributed by atoms with Crippen LogP contribution in [0.1, 0.15) is 6.42 Å². The molecule has 2 fully saturated rings. The maximum absolute atomic E-state index is 11.2. The highest BCUT2D eigenvalue weighted by molar-refractivity contribution is 5.76. The number of esters is 1. The van der Waals surface area contributed by atoms with E-state index >= 15 is 0 Å². The Hall–Kier alpha value is -0.650. The molecule has 0 amide bonds. The molecule has 0 bridgehead atoms. The number of rotatable bonds is 1. The second-order valence-electron chi connectivity index (χ2n) is 3.58. The molecule has 3 atom stereocenters. The molecule has 0 aromatic heterocycles. The Kier molecular flexibility index (Phi) is 3.00. The van der Waals surface area contributed by atoms with Crippen molar-refractivity contribution in [1.82, 2.24) is 5.32 Å². The molecule has 0 radical (unpaired) electrons. The number of carbonyl (C=O) groups excluding carboxylic acids is 1. The Morgan fingerprint density at radius 1 is 1.50 bits per heavy atom. The van der Waals surface area contributed by atoms with Gasteiger partial charge in [0.25, 0.3) is 0 Å². The molecule has 2 aliphatic rings. The fourth-order valence-corrected chi connectivity index (χ4v) is 1.87. The summed E-state index contributed by atoms with van der Waals surface area (Å²) in [4.78, 5) is 11.2. The third-order valence-corrected chi connectivity index (χ3v) is 2.68. The van der Waals surface area contributed by atoms with Gasteiger partial charge in [-0.2, -0.15) is 0 Å². The predicted octanol–water partition coefficient (Wildman–Crippen LogP) is -0.695. The maximum atomic E-state index is 11.2. The molecule has 80 valence electrons. The van der Waals surface area contributed by atoms with Crippen LogP contribution in [0.3, 0.4) is 0 Å². The second-order valence-corrected chi connectivity index (χ2v) is 3.58. The third kappa shape index (κ3) is 1.89. The van der Waals surface area contributed by atoms with E-state index in [0.29, 0.717) is 13.2 Å². The van der Waals surface area contributed by atoms with Crippen molar-refractivity contribution in [3.63, 3.8) is 0 Å². The predicted molar refractivity (Wildman–Crippen MR) is 47.9 cm³/mol. The molecule has 0 spiro atoms. The van der Waals surface area contributed by atoms with Crippen molar-refractivity contribution < 1.29 is 19.0 Å². The zero-order chi connectivity index (χ0) is 9.97. The number of fused-ring (bicyclic) bond motifs is 1. The van der Waals surface area contributed by atoms with Gasteiger partial charge in [-0.3, -0.25) is 10.1 Å². The molecule has 0 aromatic carbocycles. The van der Waals surface area contributed by atoms with E-state index in [1.165, 1.54) is 7.11 Å². The van der Waals surface area contributed by atoms with E-state index in [9.17, 15) is 4.79 Å². The Balaban J connectivity index is 1.92. The van der Waals surface area contributed by atoms with Gasteiger partial charge in [-0.05, 0) is 6.42 Å². The summed E-state index contributed by atoms with van der Waals surface area (Å²) in [6, 6.07) is -0.0963. The largest absolute Gasteiger partial charge is 0.468 e. The van der Waals surface area contributed by atoms with Crippen LogP contribution in [0, 0.1) is 0 Å². The third-order valence-electron chi connectivity index (χ3n) is 2.68. The monoisotopic (exact) mass is 201 g/mol. The highest BCUT2D eigenvalue weighted by Gasteiger charge is 2.36. The van der Waals surface area contributed by atoms with E-state index in [4.69, 9.17) is 9.47 Å². The lowest BCUT2D eigenvalue weighted by molar-refractivity contribution is -0.154. The van der Waals surface area contributed by atoms with Crippen molar-refractivity contribution in [2.45, 2.75) is 24.6 Å². The first-order valence-electron chi connectivity index (χ1n) is 4.84. The smallest absolute Gasteiger partial charge is 0.325 e. The number of carbonyl (C=O) groups is 1. The van der Waals surface area contributed by atoms with Crippen LogP contribution in [-0.2, 0) is 19.0 Å². The lowest BCUT2D eigenvalue weighted by Crippen LogP contribution is -2.60. The molecule has 1 unspecified atom stereocenters. The lowest BCUT2D eigenvalue weighted by Gasteiger charge is -2.39. The topological polar surface area (TPSA) is 56.8 Å². The zero-order valence-electron chi connectivity index (χ0n) is 8.19. The number of ether oxygens (including phenoxy) is 3.